The van der Waals surface area contributed by atoms with Gasteiger partial charge in [-0.15, -0.1) is 0 Å². The zero-order valence-corrected chi connectivity index (χ0v) is 11.6. The van der Waals surface area contributed by atoms with Gasteiger partial charge in [-0.2, -0.15) is 0 Å². The molecule has 1 aromatic carbocycles. The molecule has 2 rings (SSSR count). The summed E-state index contributed by atoms with van der Waals surface area (Å²) in [5, 5.41) is 0.612. The molecule has 1 aromatic rings. The predicted octanol–water partition coefficient (Wildman–Crippen LogP) is 2.94. The first kappa shape index (κ1) is 13.4. The zero-order valence-electron chi connectivity index (χ0n) is 10.8. The number of rotatable bonds is 4. The Morgan fingerprint density at radius 2 is 2.06 bits per heavy atom. The molecular weight excluding hydrogens is 250 g/mol. The Morgan fingerprint density at radius 3 is 2.67 bits per heavy atom. The predicted molar refractivity (Wildman–Crippen MR) is 72.7 cm³/mol. The van der Waals surface area contributed by atoms with Gasteiger partial charge in [-0.25, -0.2) is 0 Å². The Kier molecular flexibility index (Phi) is 4.25. The Labute approximate surface area is 113 Å². The maximum atomic E-state index is 12.3. The molecule has 0 aromatic heterocycles. The summed E-state index contributed by atoms with van der Waals surface area (Å²) in [6, 6.07) is 3.54. The van der Waals surface area contributed by atoms with Crippen LogP contribution < -0.4 is 4.74 Å². The number of aryl methyl sites for hydroxylation is 1. The van der Waals surface area contributed by atoms with Gasteiger partial charge in [0.2, 0.25) is 0 Å². The molecule has 1 fully saturated rings. The van der Waals surface area contributed by atoms with Crippen LogP contribution in [0.5, 0.6) is 5.75 Å². The van der Waals surface area contributed by atoms with Crippen LogP contribution in [0.4, 0.5) is 0 Å². The highest BCUT2D eigenvalue weighted by Crippen LogP contribution is 2.27. The maximum absolute atomic E-state index is 12.3. The number of hydrogen-bond acceptors (Lipinski definition) is 3. The fourth-order valence-electron chi connectivity index (χ4n) is 2.27. The number of nitrogens with zero attached hydrogens (tertiary/aromatic N) is 1. The van der Waals surface area contributed by atoms with Gasteiger partial charge < -0.3 is 4.74 Å². The highest BCUT2D eigenvalue weighted by molar-refractivity contribution is 6.31. The SMILES string of the molecule is COc1cc(C)c(Cl)cc1C(=O)CN1CCCC1. The average Bonchev–Trinajstić information content (AvgIpc) is 2.84. The number of ketones is 1. The summed E-state index contributed by atoms with van der Waals surface area (Å²) < 4.78 is 5.27. The average molecular weight is 268 g/mol. The van der Waals surface area contributed by atoms with E-state index in [1.165, 1.54) is 12.8 Å². The first-order valence-corrected chi connectivity index (χ1v) is 6.59. The zero-order chi connectivity index (χ0) is 13.1. The molecule has 18 heavy (non-hydrogen) atoms. The molecule has 0 bridgehead atoms. The van der Waals surface area contributed by atoms with Crippen LogP contribution in [0.3, 0.4) is 0 Å². The maximum Gasteiger partial charge on any atom is 0.180 e. The van der Waals surface area contributed by atoms with Crippen LogP contribution in [0.2, 0.25) is 5.02 Å². The standard InChI is InChI=1S/C14H18ClNO2/c1-10-7-14(18-2)11(8-12(10)15)13(17)9-16-5-3-4-6-16/h7-8H,3-6,9H2,1-2H3. The number of benzene rings is 1. The molecule has 1 aliphatic rings. The van der Waals surface area contributed by atoms with E-state index in [1.54, 1.807) is 13.2 Å². The van der Waals surface area contributed by atoms with Crippen molar-refractivity contribution in [2.75, 3.05) is 26.7 Å². The number of hydrogen-bond donors (Lipinski definition) is 0. The van der Waals surface area contributed by atoms with Gasteiger partial charge in [0.05, 0.1) is 19.2 Å². The summed E-state index contributed by atoms with van der Waals surface area (Å²) in [7, 11) is 1.58. The number of likely N-dealkylation sites (tertiary alicyclic amines) is 1. The third-order valence-electron chi connectivity index (χ3n) is 3.35. The summed E-state index contributed by atoms with van der Waals surface area (Å²) in [4.78, 5) is 14.4. The summed E-state index contributed by atoms with van der Waals surface area (Å²) in [5.74, 6) is 0.691. The van der Waals surface area contributed by atoms with Crippen molar-refractivity contribution in [3.63, 3.8) is 0 Å². The van der Waals surface area contributed by atoms with E-state index in [4.69, 9.17) is 16.3 Å². The molecule has 3 nitrogen and oxygen atoms in total. The topological polar surface area (TPSA) is 29.5 Å². The minimum Gasteiger partial charge on any atom is -0.496 e. The normalized spacial score (nSPS) is 15.9. The van der Waals surface area contributed by atoms with Gasteiger partial charge in [-0.1, -0.05) is 11.6 Å². The minimum absolute atomic E-state index is 0.0793. The molecule has 0 amide bonds. The van der Waals surface area contributed by atoms with Crippen molar-refractivity contribution in [1.29, 1.82) is 0 Å². The van der Waals surface area contributed by atoms with Crippen molar-refractivity contribution < 1.29 is 9.53 Å². The molecule has 0 aliphatic carbocycles. The Balaban J connectivity index is 2.20. The molecule has 1 aliphatic heterocycles. The number of carbonyl (C=O) groups is 1. The second-order valence-corrected chi connectivity index (χ2v) is 5.12. The molecule has 0 atom stereocenters. The van der Waals surface area contributed by atoms with Crippen LogP contribution >= 0.6 is 11.6 Å². The van der Waals surface area contributed by atoms with Gasteiger partial charge >= 0.3 is 0 Å². The van der Waals surface area contributed by atoms with E-state index in [2.05, 4.69) is 4.90 Å². The number of halogens is 1. The third-order valence-corrected chi connectivity index (χ3v) is 3.75. The number of ether oxygens (including phenoxy) is 1. The molecule has 0 radical (unpaired) electrons. The molecule has 0 spiro atoms. The summed E-state index contributed by atoms with van der Waals surface area (Å²) in [6.45, 7) is 4.37. The number of methoxy groups -OCH3 is 1. The van der Waals surface area contributed by atoms with E-state index in [0.717, 1.165) is 18.7 Å². The van der Waals surface area contributed by atoms with E-state index in [9.17, 15) is 4.79 Å². The van der Waals surface area contributed by atoms with E-state index in [0.29, 0.717) is 22.9 Å². The minimum atomic E-state index is 0.0793. The summed E-state index contributed by atoms with van der Waals surface area (Å²) >= 11 is 6.08. The van der Waals surface area contributed by atoms with E-state index >= 15 is 0 Å². The van der Waals surface area contributed by atoms with Gasteiger partial charge in [-0.3, -0.25) is 9.69 Å². The second-order valence-electron chi connectivity index (χ2n) is 4.71. The van der Waals surface area contributed by atoms with Crippen molar-refractivity contribution >= 4 is 17.4 Å². The van der Waals surface area contributed by atoms with Gasteiger partial charge in [-0.05, 0) is 50.6 Å². The van der Waals surface area contributed by atoms with Crippen LogP contribution in [-0.4, -0.2) is 37.4 Å². The first-order chi connectivity index (χ1) is 8.61. The first-order valence-electron chi connectivity index (χ1n) is 6.21. The smallest absolute Gasteiger partial charge is 0.180 e. The van der Waals surface area contributed by atoms with Crippen LogP contribution in [0.1, 0.15) is 28.8 Å². The molecule has 0 N–H and O–H groups in total. The highest BCUT2D eigenvalue weighted by atomic mass is 35.5. The van der Waals surface area contributed by atoms with Crippen molar-refractivity contribution in [2.24, 2.45) is 0 Å². The largest absolute Gasteiger partial charge is 0.496 e. The van der Waals surface area contributed by atoms with Crippen molar-refractivity contribution in [2.45, 2.75) is 19.8 Å². The van der Waals surface area contributed by atoms with Crippen molar-refractivity contribution in [3.05, 3.63) is 28.3 Å². The van der Waals surface area contributed by atoms with Crippen molar-refractivity contribution in [1.82, 2.24) is 4.90 Å². The summed E-state index contributed by atoms with van der Waals surface area (Å²) in [5.41, 5.74) is 1.51. The lowest BCUT2D eigenvalue weighted by molar-refractivity contribution is 0.0942. The van der Waals surface area contributed by atoms with E-state index in [-0.39, 0.29) is 5.78 Å². The Morgan fingerprint density at radius 1 is 1.39 bits per heavy atom. The molecule has 4 heteroatoms. The lowest BCUT2D eigenvalue weighted by Crippen LogP contribution is -2.27. The van der Waals surface area contributed by atoms with E-state index < -0.39 is 0 Å². The van der Waals surface area contributed by atoms with Crippen LogP contribution in [0.25, 0.3) is 0 Å². The molecule has 98 valence electrons. The lowest BCUT2D eigenvalue weighted by Gasteiger charge is -2.15. The molecule has 0 unspecified atom stereocenters. The van der Waals surface area contributed by atoms with Gasteiger partial charge in [0, 0.05) is 5.02 Å². The number of Topliss-reactive ketones (excluding diaryl/α,β-unsaturated/α-hetero) is 1. The summed E-state index contributed by atoms with van der Waals surface area (Å²) in [6.07, 6.45) is 2.36. The molecule has 0 saturated carbocycles. The Bertz CT molecular complexity index is 453. The molecule has 1 saturated heterocycles. The fourth-order valence-corrected chi connectivity index (χ4v) is 2.43. The lowest BCUT2D eigenvalue weighted by atomic mass is 10.1. The second kappa shape index (κ2) is 5.72. The fraction of sp³-hybridized carbons (Fsp3) is 0.500. The third kappa shape index (κ3) is 2.85. The van der Waals surface area contributed by atoms with Gasteiger partial charge in [0.15, 0.2) is 5.78 Å². The van der Waals surface area contributed by atoms with Crippen LogP contribution in [0.15, 0.2) is 12.1 Å². The molecule has 1 heterocycles. The van der Waals surface area contributed by atoms with Crippen LogP contribution in [0, 0.1) is 6.92 Å². The monoisotopic (exact) mass is 267 g/mol. The number of carbonyl (C=O) groups excluding carboxylic acids is 1. The van der Waals surface area contributed by atoms with Gasteiger partial charge in [0.25, 0.3) is 0 Å². The highest BCUT2D eigenvalue weighted by Gasteiger charge is 2.19. The Hall–Kier alpha value is -1.06. The quantitative estimate of drug-likeness (QED) is 0.786. The van der Waals surface area contributed by atoms with Gasteiger partial charge in [0.1, 0.15) is 5.75 Å². The van der Waals surface area contributed by atoms with E-state index in [1.807, 2.05) is 13.0 Å². The van der Waals surface area contributed by atoms with Crippen molar-refractivity contribution in [3.8, 4) is 5.75 Å². The van der Waals surface area contributed by atoms with Crippen LogP contribution in [-0.2, 0) is 0 Å². The molecular formula is C14H18ClNO2.